The van der Waals surface area contributed by atoms with E-state index >= 15 is 0 Å². The van der Waals surface area contributed by atoms with Crippen molar-refractivity contribution in [2.45, 2.75) is 19.5 Å². The number of nitrogens with zero attached hydrogens (tertiary/aromatic N) is 2. The minimum absolute atomic E-state index is 0.306. The molecule has 1 atom stereocenters. The number of rotatable bonds is 1. The van der Waals surface area contributed by atoms with Gasteiger partial charge in [-0.15, -0.1) is 0 Å². The van der Waals surface area contributed by atoms with Gasteiger partial charge in [0, 0.05) is 0 Å². The molecule has 0 fully saturated rings. The first-order valence-corrected chi connectivity index (χ1v) is 2.53. The summed E-state index contributed by atoms with van der Waals surface area (Å²) in [4.78, 5) is 0. The molecule has 1 rings (SSSR count). The fourth-order valence-electron chi connectivity index (χ4n) is 0.552. The molecule has 0 bridgehead atoms. The fourth-order valence-corrected chi connectivity index (χ4v) is 0.552. The monoisotopic (exact) mass is 99.1 g/mol. The van der Waals surface area contributed by atoms with E-state index in [9.17, 15) is 0 Å². The molecule has 0 aromatic rings. The van der Waals surface area contributed by atoms with Gasteiger partial charge in [0.25, 0.3) is 0 Å². The van der Waals surface area contributed by atoms with Gasteiger partial charge in [0.1, 0.15) is 12.8 Å². The molecule has 0 saturated carbocycles. The van der Waals surface area contributed by atoms with Crippen molar-refractivity contribution in [2.75, 3.05) is 6.67 Å². The summed E-state index contributed by atoms with van der Waals surface area (Å²) in [6.45, 7) is 2.79. The lowest BCUT2D eigenvalue weighted by molar-refractivity contribution is 0.586. The Balaban J connectivity index is 2.28. The van der Waals surface area contributed by atoms with Crippen molar-refractivity contribution in [3.63, 3.8) is 0 Å². The van der Waals surface area contributed by atoms with E-state index in [4.69, 9.17) is 0 Å². The van der Waals surface area contributed by atoms with Gasteiger partial charge in [0.15, 0.2) is 0 Å². The molecule has 7 heavy (non-hydrogen) atoms. The molecule has 1 heterocycles. The second kappa shape index (κ2) is 2.02. The van der Waals surface area contributed by atoms with E-state index in [0.717, 1.165) is 6.42 Å². The minimum atomic E-state index is 0.306. The van der Waals surface area contributed by atoms with E-state index < -0.39 is 0 Å². The van der Waals surface area contributed by atoms with Gasteiger partial charge in [0.05, 0.1) is 0 Å². The summed E-state index contributed by atoms with van der Waals surface area (Å²) in [7, 11) is 0. The van der Waals surface area contributed by atoms with Crippen LogP contribution in [0, 0.1) is 0 Å². The standard InChI is InChI=1S/C4H9N3/c1-2-4-5-3-6-7-4/h4-5H,2-3H2,1H3. The first-order valence-electron chi connectivity index (χ1n) is 2.53. The summed E-state index contributed by atoms with van der Waals surface area (Å²) in [6.07, 6.45) is 1.35. The lowest BCUT2D eigenvalue weighted by atomic mass is 10.4. The SMILES string of the molecule is CCC1N=NCN1. The number of azo groups is 1. The highest BCUT2D eigenvalue weighted by molar-refractivity contribution is 4.62. The van der Waals surface area contributed by atoms with Crippen molar-refractivity contribution < 1.29 is 0 Å². The molecule has 0 saturated heterocycles. The highest BCUT2D eigenvalue weighted by Gasteiger charge is 2.04. The van der Waals surface area contributed by atoms with Crippen LogP contribution < -0.4 is 5.32 Å². The molecule has 0 amide bonds. The smallest absolute Gasteiger partial charge is 0.122 e. The van der Waals surface area contributed by atoms with Crippen molar-refractivity contribution in [2.24, 2.45) is 10.2 Å². The Morgan fingerprint density at radius 2 is 2.71 bits per heavy atom. The van der Waals surface area contributed by atoms with E-state index in [1.165, 1.54) is 0 Å². The maximum atomic E-state index is 3.87. The highest BCUT2D eigenvalue weighted by atomic mass is 15.3. The molecule has 3 nitrogen and oxygen atoms in total. The van der Waals surface area contributed by atoms with Crippen LogP contribution >= 0.6 is 0 Å². The third-order valence-corrected chi connectivity index (χ3v) is 1.01. The second-order valence-corrected chi connectivity index (χ2v) is 1.54. The predicted molar refractivity (Wildman–Crippen MR) is 26.9 cm³/mol. The largest absolute Gasteiger partial charge is 0.274 e. The van der Waals surface area contributed by atoms with Crippen LogP contribution in [0.5, 0.6) is 0 Å². The van der Waals surface area contributed by atoms with Gasteiger partial charge in [-0.3, -0.25) is 5.32 Å². The second-order valence-electron chi connectivity index (χ2n) is 1.54. The topological polar surface area (TPSA) is 36.8 Å². The molecule has 1 aliphatic rings. The van der Waals surface area contributed by atoms with Crippen molar-refractivity contribution in [3.05, 3.63) is 0 Å². The van der Waals surface area contributed by atoms with Crippen LogP contribution in [0.4, 0.5) is 0 Å². The summed E-state index contributed by atoms with van der Waals surface area (Å²) >= 11 is 0. The van der Waals surface area contributed by atoms with Crippen molar-refractivity contribution in [3.8, 4) is 0 Å². The van der Waals surface area contributed by atoms with E-state index in [1.54, 1.807) is 0 Å². The van der Waals surface area contributed by atoms with E-state index in [-0.39, 0.29) is 0 Å². The van der Waals surface area contributed by atoms with Gasteiger partial charge >= 0.3 is 0 Å². The van der Waals surface area contributed by atoms with Gasteiger partial charge in [0.2, 0.25) is 0 Å². The van der Waals surface area contributed by atoms with Gasteiger partial charge in [-0.25, -0.2) is 0 Å². The van der Waals surface area contributed by atoms with Crippen LogP contribution in [0.15, 0.2) is 10.2 Å². The van der Waals surface area contributed by atoms with Crippen molar-refractivity contribution in [1.82, 2.24) is 5.32 Å². The predicted octanol–water partition coefficient (Wildman–Crippen LogP) is 0.735. The average molecular weight is 99.1 g/mol. The van der Waals surface area contributed by atoms with Crippen LogP contribution in [0.3, 0.4) is 0 Å². The third-order valence-electron chi connectivity index (χ3n) is 1.01. The fraction of sp³-hybridized carbons (Fsp3) is 1.00. The Hall–Kier alpha value is -0.440. The van der Waals surface area contributed by atoms with Gasteiger partial charge < -0.3 is 0 Å². The molecule has 0 aromatic heterocycles. The summed E-state index contributed by atoms with van der Waals surface area (Å²) in [5.74, 6) is 0. The zero-order chi connectivity index (χ0) is 5.11. The highest BCUT2D eigenvalue weighted by Crippen LogP contribution is 1.97. The van der Waals surface area contributed by atoms with Gasteiger partial charge in [-0.1, -0.05) is 6.92 Å². The number of nitrogens with one attached hydrogen (secondary N) is 1. The Morgan fingerprint density at radius 1 is 1.86 bits per heavy atom. The summed E-state index contributed by atoms with van der Waals surface area (Å²) in [5, 5.41) is 10.7. The molecule has 40 valence electrons. The lowest BCUT2D eigenvalue weighted by Crippen LogP contribution is -2.20. The third kappa shape index (κ3) is 0.962. The molecule has 1 unspecified atom stereocenters. The molecule has 1 N–H and O–H groups in total. The van der Waals surface area contributed by atoms with Crippen LogP contribution in [0.1, 0.15) is 13.3 Å². The average Bonchev–Trinajstić information content (AvgIpc) is 2.14. The summed E-state index contributed by atoms with van der Waals surface area (Å²) < 4.78 is 0. The number of hydrogen-bond acceptors (Lipinski definition) is 3. The summed E-state index contributed by atoms with van der Waals surface area (Å²) in [5.41, 5.74) is 0. The van der Waals surface area contributed by atoms with E-state index in [0.29, 0.717) is 12.8 Å². The van der Waals surface area contributed by atoms with Gasteiger partial charge in [-0.05, 0) is 6.42 Å². The molecule has 0 radical (unpaired) electrons. The molecule has 0 spiro atoms. The molecule has 1 aliphatic heterocycles. The molecule has 0 aliphatic carbocycles. The molecular weight excluding hydrogens is 90.1 g/mol. The maximum Gasteiger partial charge on any atom is 0.122 e. The summed E-state index contributed by atoms with van der Waals surface area (Å²) in [6, 6.07) is 0. The maximum absolute atomic E-state index is 3.87. The lowest BCUT2D eigenvalue weighted by Gasteiger charge is -1.96. The first-order chi connectivity index (χ1) is 3.43. The molecule has 3 heteroatoms. The molecule has 0 aromatic carbocycles. The Bertz CT molecular complexity index is 79.0. The normalized spacial score (nSPS) is 29.0. The zero-order valence-electron chi connectivity index (χ0n) is 4.39. The Kier molecular flexibility index (Phi) is 1.36. The molecular formula is C4H9N3. The number of hydrogen-bond donors (Lipinski definition) is 1. The van der Waals surface area contributed by atoms with Gasteiger partial charge in [-0.2, -0.15) is 10.2 Å². The van der Waals surface area contributed by atoms with Crippen molar-refractivity contribution >= 4 is 0 Å². The van der Waals surface area contributed by atoms with Crippen LogP contribution in [0.2, 0.25) is 0 Å². The van der Waals surface area contributed by atoms with E-state index in [2.05, 4.69) is 22.5 Å². The quantitative estimate of drug-likeness (QED) is 0.517. The Morgan fingerprint density at radius 3 is 3.00 bits per heavy atom. The first kappa shape index (κ1) is 4.71. The van der Waals surface area contributed by atoms with Crippen molar-refractivity contribution in [1.29, 1.82) is 0 Å². The van der Waals surface area contributed by atoms with E-state index in [1.807, 2.05) is 0 Å². The van der Waals surface area contributed by atoms with Crippen LogP contribution in [-0.4, -0.2) is 12.8 Å². The van der Waals surface area contributed by atoms with Crippen LogP contribution in [-0.2, 0) is 0 Å². The Labute approximate surface area is 42.8 Å². The van der Waals surface area contributed by atoms with Crippen LogP contribution in [0.25, 0.3) is 0 Å². The zero-order valence-corrected chi connectivity index (χ0v) is 4.39. The minimum Gasteiger partial charge on any atom is -0.274 e.